The molecule has 0 amide bonds. The van der Waals surface area contributed by atoms with Crippen LogP contribution in [0.2, 0.25) is 0 Å². The van der Waals surface area contributed by atoms with Gasteiger partial charge in [-0.2, -0.15) is 0 Å². The first kappa shape index (κ1) is 15.5. The third-order valence-electron chi connectivity index (χ3n) is 2.53. The molecule has 0 heterocycles. The molecule has 0 bridgehead atoms. The van der Waals surface area contributed by atoms with Gasteiger partial charge in [-0.3, -0.25) is 0 Å². The van der Waals surface area contributed by atoms with Gasteiger partial charge in [-0.05, 0) is 35.9 Å². The second kappa shape index (κ2) is 6.26. The van der Waals surface area contributed by atoms with E-state index in [1.54, 1.807) is 0 Å². The number of nitrogens with two attached hydrogens (primary N) is 1. The van der Waals surface area contributed by atoms with Crippen molar-refractivity contribution in [1.29, 1.82) is 0 Å². The average Bonchev–Trinajstić information content (AvgIpc) is 2.40. The highest BCUT2D eigenvalue weighted by atomic mass is 32.2. The third-order valence-corrected chi connectivity index (χ3v) is 3.67. The number of ether oxygens (including phenoxy) is 1. The highest BCUT2D eigenvalue weighted by Crippen LogP contribution is 2.30. The van der Waals surface area contributed by atoms with E-state index in [1.165, 1.54) is 54.2 Å². The topological polar surface area (TPSA) is 35.2 Å². The molecular formula is C14H11F4NOS. The van der Waals surface area contributed by atoms with Gasteiger partial charge in [0.1, 0.15) is 11.6 Å². The van der Waals surface area contributed by atoms with Crippen LogP contribution in [0.4, 0.5) is 23.2 Å². The van der Waals surface area contributed by atoms with E-state index in [9.17, 15) is 17.6 Å². The fourth-order valence-electron chi connectivity index (χ4n) is 1.58. The lowest BCUT2D eigenvalue weighted by atomic mass is 10.2. The van der Waals surface area contributed by atoms with E-state index in [0.29, 0.717) is 16.3 Å². The Bertz CT molecular complexity index is 613. The Morgan fingerprint density at radius 3 is 2.33 bits per heavy atom. The molecule has 0 fully saturated rings. The number of alkyl halides is 3. The fraction of sp³-hybridized carbons (Fsp3) is 0.143. The van der Waals surface area contributed by atoms with E-state index in [2.05, 4.69) is 4.74 Å². The lowest BCUT2D eigenvalue weighted by Crippen LogP contribution is -2.16. The third kappa shape index (κ3) is 4.86. The van der Waals surface area contributed by atoms with Crippen molar-refractivity contribution >= 4 is 17.4 Å². The summed E-state index contributed by atoms with van der Waals surface area (Å²) in [5.41, 5.74) is 6.95. The Morgan fingerprint density at radius 1 is 1.05 bits per heavy atom. The minimum absolute atomic E-state index is 0.276. The summed E-state index contributed by atoms with van der Waals surface area (Å²) >= 11 is 1.31. The number of hydrogen-bond acceptors (Lipinski definition) is 3. The quantitative estimate of drug-likeness (QED) is 0.508. The largest absolute Gasteiger partial charge is 0.573 e. The summed E-state index contributed by atoms with van der Waals surface area (Å²) in [6.45, 7) is 0. The highest BCUT2D eigenvalue weighted by molar-refractivity contribution is 7.98. The molecule has 2 N–H and O–H groups in total. The molecule has 7 heteroatoms. The van der Waals surface area contributed by atoms with Crippen molar-refractivity contribution in [3.8, 4) is 5.75 Å². The van der Waals surface area contributed by atoms with Gasteiger partial charge >= 0.3 is 6.36 Å². The summed E-state index contributed by atoms with van der Waals surface area (Å²) in [5.74, 6) is -0.206. The monoisotopic (exact) mass is 317 g/mol. The smallest absolute Gasteiger partial charge is 0.406 e. The highest BCUT2D eigenvalue weighted by Gasteiger charge is 2.30. The van der Waals surface area contributed by atoms with Crippen molar-refractivity contribution in [2.45, 2.75) is 17.0 Å². The molecule has 0 aliphatic heterocycles. The van der Waals surface area contributed by atoms with Crippen molar-refractivity contribution in [2.24, 2.45) is 0 Å². The van der Waals surface area contributed by atoms with Crippen LogP contribution in [0.5, 0.6) is 5.75 Å². The maximum atomic E-state index is 13.1. The Kier molecular flexibility index (Phi) is 4.62. The molecule has 0 spiro atoms. The van der Waals surface area contributed by atoms with Crippen molar-refractivity contribution in [3.63, 3.8) is 0 Å². The fourth-order valence-corrected chi connectivity index (χ4v) is 2.53. The zero-order valence-electron chi connectivity index (χ0n) is 10.7. The van der Waals surface area contributed by atoms with Gasteiger partial charge in [0, 0.05) is 16.3 Å². The summed E-state index contributed by atoms with van der Waals surface area (Å²) in [6, 6.07) is 9.56. The Hall–Kier alpha value is -1.89. The first-order valence-electron chi connectivity index (χ1n) is 5.86. The van der Waals surface area contributed by atoms with E-state index in [4.69, 9.17) is 5.73 Å². The molecule has 0 aromatic heterocycles. The summed E-state index contributed by atoms with van der Waals surface area (Å²) in [4.78, 5) is 0.589. The standard InChI is InChI=1S/C14H11F4NOS/c15-10-3-6-12(19)13(7-10)21-8-9-1-4-11(5-2-9)20-14(16,17)18/h1-7H,8,19H2. The molecule has 0 atom stereocenters. The molecule has 2 rings (SSSR count). The predicted molar refractivity (Wildman–Crippen MR) is 73.5 cm³/mol. The van der Waals surface area contributed by atoms with Gasteiger partial charge in [0.05, 0.1) is 0 Å². The number of nitrogen functional groups attached to an aromatic ring is 1. The Labute approximate surface area is 122 Å². The molecule has 0 unspecified atom stereocenters. The average molecular weight is 317 g/mol. The zero-order chi connectivity index (χ0) is 15.5. The van der Waals surface area contributed by atoms with Crippen LogP contribution in [0.1, 0.15) is 5.56 Å². The molecular weight excluding hydrogens is 306 g/mol. The minimum atomic E-state index is -4.70. The minimum Gasteiger partial charge on any atom is -0.406 e. The summed E-state index contributed by atoms with van der Waals surface area (Å²) in [7, 11) is 0. The van der Waals surface area contributed by atoms with Crippen LogP contribution in [0.25, 0.3) is 0 Å². The maximum Gasteiger partial charge on any atom is 0.573 e. The number of anilines is 1. The van der Waals surface area contributed by atoms with Crippen LogP contribution >= 0.6 is 11.8 Å². The summed E-state index contributed by atoms with van der Waals surface area (Å²) in [5, 5.41) is 0. The van der Waals surface area contributed by atoms with E-state index >= 15 is 0 Å². The Balaban J connectivity index is 1.99. The van der Waals surface area contributed by atoms with Crippen molar-refractivity contribution in [2.75, 3.05) is 5.73 Å². The molecule has 112 valence electrons. The molecule has 0 saturated carbocycles. The van der Waals surface area contributed by atoms with Gasteiger partial charge < -0.3 is 10.5 Å². The second-order valence-electron chi connectivity index (χ2n) is 4.16. The summed E-state index contributed by atoms with van der Waals surface area (Å²) in [6.07, 6.45) is -4.70. The molecule has 0 radical (unpaired) electrons. The first-order chi connectivity index (χ1) is 9.83. The van der Waals surface area contributed by atoms with E-state index < -0.39 is 6.36 Å². The van der Waals surface area contributed by atoms with Crippen molar-refractivity contribution < 1.29 is 22.3 Å². The first-order valence-corrected chi connectivity index (χ1v) is 6.84. The normalized spacial score (nSPS) is 11.4. The Morgan fingerprint density at radius 2 is 1.71 bits per heavy atom. The van der Waals surface area contributed by atoms with Crippen LogP contribution in [0.3, 0.4) is 0 Å². The molecule has 0 saturated heterocycles. The lowest BCUT2D eigenvalue weighted by molar-refractivity contribution is -0.274. The van der Waals surface area contributed by atoms with E-state index in [-0.39, 0.29) is 11.6 Å². The number of thioether (sulfide) groups is 1. The second-order valence-corrected chi connectivity index (χ2v) is 5.18. The van der Waals surface area contributed by atoms with Gasteiger partial charge in [-0.25, -0.2) is 4.39 Å². The van der Waals surface area contributed by atoms with Crippen LogP contribution in [0.15, 0.2) is 47.4 Å². The van der Waals surface area contributed by atoms with E-state index in [1.807, 2.05) is 0 Å². The van der Waals surface area contributed by atoms with Crippen LogP contribution in [-0.4, -0.2) is 6.36 Å². The van der Waals surface area contributed by atoms with Gasteiger partial charge in [0.15, 0.2) is 0 Å². The molecule has 2 nitrogen and oxygen atoms in total. The molecule has 21 heavy (non-hydrogen) atoms. The van der Waals surface area contributed by atoms with Gasteiger partial charge in [0.2, 0.25) is 0 Å². The SMILES string of the molecule is Nc1ccc(F)cc1SCc1ccc(OC(F)(F)F)cc1. The van der Waals surface area contributed by atoms with E-state index in [0.717, 1.165) is 5.56 Å². The predicted octanol–water partition coefficient (Wildman–Crippen LogP) is 4.60. The zero-order valence-corrected chi connectivity index (χ0v) is 11.5. The van der Waals surface area contributed by atoms with Gasteiger partial charge in [-0.1, -0.05) is 12.1 Å². The maximum absolute atomic E-state index is 13.1. The number of rotatable bonds is 4. The number of hydrogen-bond donors (Lipinski definition) is 1. The van der Waals surface area contributed by atoms with Crippen molar-refractivity contribution in [1.82, 2.24) is 0 Å². The number of halogens is 4. The van der Waals surface area contributed by atoms with Crippen molar-refractivity contribution in [3.05, 3.63) is 53.8 Å². The molecule has 2 aromatic carbocycles. The molecule has 2 aromatic rings. The van der Waals surface area contributed by atoms with Gasteiger partial charge in [0.25, 0.3) is 0 Å². The van der Waals surface area contributed by atoms with Crippen LogP contribution < -0.4 is 10.5 Å². The lowest BCUT2D eigenvalue weighted by Gasteiger charge is -2.09. The number of benzene rings is 2. The van der Waals surface area contributed by atoms with Crippen LogP contribution in [-0.2, 0) is 5.75 Å². The molecule has 0 aliphatic rings. The molecule has 0 aliphatic carbocycles. The van der Waals surface area contributed by atoms with Crippen LogP contribution in [0, 0.1) is 5.82 Å². The summed E-state index contributed by atoms with van der Waals surface area (Å²) < 4.78 is 52.9. The van der Waals surface area contributed by atoms with Gasteiger partial charge in [-0.15, -0.1) is 24.9 Å².